The molecule has 1 N–H and O–H groups in total. The van der Waals surface area contributed by atoms with Gasteiger partial charge in [0.05, 0.1) is 17.1 Å². The number of hydrogen-bond donors (Lipinski definition) is 1. The second kappa shape index (κ2) is 6.92. The maximum absolute atomic E-state index is 12.9. The number of carbonyl (C=O) groups excluding carboxylic acids is 2. The maximum atomic E-state index is 12.9. The molecule has 1 aliphatic rings. The highest BCUT2D eigenvalue weighted by Gasteiger charge is 2.43. The smallest absolute Gasteiger partial charge is 0.250 e. The second-order valence-electron chi connectivity index (χ2n) is 6.74. The molecule has 1 heterocycles. The van der Waals surface area contributed by atoms with E-state index >= 15 is 0 Å². The number of nitrogens with zero attached hydrogens (tertiary/aromatic N) is 1. The summed E-state index contributed by atoms with van der Waals surface area (Å²) in [7, 11) is 0. The number of benzene rings is 2. The number of nitrogens with one attached hydrogen (secondary N) is 1. The van der Waals surface area contributed by atoms with Crippen LogP contribution in [0, 0.1) is 6.92 Å². The van der Waals surface area contributed by atoms with Crippen LogP contribution in [0.25, 0.3) is 0 Å². The zero-order valence-electron chi connectivity index (χ0n) is 14.7. The fraction of sp³-hybridized carbons (Fsp3) is 0.300. The normalized spacial score (nSPS) is 15.5. The Morgan fingerprint density at radius 2 is 1.92 bits per heavy atom. The number of fused-ring (bicyclic) bond motifs is 1. The van der Waals surface area contributed by atoms with Crippen LogP contribution in [0.1, 0.15) is 25.0 Å². The first-order valence-corrected chi connectivity index (χ1v) is 9.42. The minimum atomic E-state index is -0.907. The molecule has 1 aliphatic heterocycles. The average Bonchev–Trinajstić information content (AvgIpc) is 2.55. The van der Waals surface area contributed by atoms with Gasteiger partial charge < -0.3 is 5.32 Å². The maximum Gasteiger partial charge on any atom is 0.250 e. The molecule has 130 valence electrons. The zero-order valence-corrected chi connectivity index (χ0v) is 15.5. The lowest BCUT2D eigenvalue weighted by Gasteiger charge is -2.42. The standard InChI is InChI=1S/C20H22N2O2S/c1-14-7-6-8-15(11-14)12-25-13-18(23)22-17-10-5-4-9-16(17)21-19(24)20(22,2)3/h4-11H,12-13H2,1-3H3,(H,21,24). The van der Waals surface area contributed by atoms with Gasteiger partial charge in [-0.15, -0.1) is 11.8 Å². The molecular formula is C20H22N2O2S. The zero-order chi connectivity index (χ0) is 18.0. The highest BCUT2D eigenvalue weighted by molar-refractivity contribution is 7.99. The molecule has 3 rings (SSSR count). The van der Waals surface area contributed by atoms with E-state index < -0.39 is 5.54 Å². The van der Waals surface area contributed by atoms with E-state index in [-0.39, 0.29) is 11.8 Å². The molecule has 4 nitrogen and oxygen atoms in total. The summed E-state index contributed by atoms with van der Waals surface area (Å²) in [6, 6.07) is 15.7. The van der Waals surface area contributed by atoms with Gasteiger partial charge in [0.15, 0.2) is 0 Å². The van der Waals surface area contributed by atoms with Crippen LogP contribution in [-0.2, 0) is 15.3 Å². The number of rotatable bonds is 4. The highest BCUT2D eigenvalue weighted by atomic mass is 32.2. The van der Waals surface area contributed by atoms with Gasteiger partial charge in [-0.3, -0.25) is 14.5 Å². The minimum Gasteiger partial charge on any atom is -0.322 e. The molecule has 0 aromatic heterocycles. The SMILES string of the molecule is Cc1cccc(CSCC(=O)N2c3ccccc3NC(=O)C2(C)C)c1. The lowest BCUT2D eigenvalue weighted by Crippen LogP contribution is -2.58. The Bertz CT molecular complexity index is 817. The Hall–Kier alpha value is -2.27. The lowest BCUT2D eigenvalue weighted by molar-refractivity contribution is -0.125. The fourth-order valence-electron chi connectivity index (χ4n) is 3.02. The lowest BCUT2D eigenvalue weighted by atomic mass is 9.96. The molecule has 0 saturated heterocycles. The number of aryl methyl sites for hydroxylation is 1. The van der Waals surface area contributed by atoms with Crippen LogP contribution in [0.5, 0.6) is 0 Å². The van der Waals surface area contributed by atoms with Crippen molar-refractivity contribution in [3.63, 3.8) is 0 Å². The van der Waals surface area contributed by atoms with Crippen molar-refractivity contribution in [1.29, 1.82) is 0 Å². The van der Waals surface area contributed by atoms with Gasteiger partial charge in [-0.25, -0.2) is 0 Å². The summed E-state index contributed by atoms with van der Waals surface area (Å²) in [6.07, 6.45) is 0. The van der Waals surface area contributed by atoms with E-state index in [1.165, 1.54) is 11.1 Å². The molecule has 2 aromatic carbocycles. The number of para-hydroxylation sites is 2. The molecule has 0 atom stereocenters. The van der Waals surface area contributed by atoms with Gasteiger partial charge in [-0.05, 0) is 38.5 Å². The van der Waals surface area contributed by atoms with Gasteiger partial charge in [0, 0.05) is 5.75 Å². The number of carbonyl (C=O) groups is 2. The predicted octanol–water partition coefficient (Wildman–Crippen LogP) is 3.99. The molecule has 5 heteroatoms. The molecule has 0 bridgehead atoms. The van der Waals surface area contributed by atoms with Crippen molar-refractivity contribution in [3.8, 4) is 0 Å². The fourth-order valence-corrected chi connectivity index (χ4v) is 3.84. The van der Waals surface area contributed by atoms with Crippen LogP contribution < -0.4 is 10.2 Å². The summed E-state index contributed by atoms with van der Waals surface area (Å²) in [6.45, 7) is 5.62. The molecule has 0 unspecified atom stereocenters. The Balaban J connectivity index is 1.75. The summed E-state index contributed by atoms with van der Waals surface area (Å²) < 4.78 is 0. The van der Waals surface area contributed by atoms with Crippen LogP contribution in [0.3, 0.4) is 0 Å². The van der Waals surface area contributed by atoms with E-state index in [4.69, 9.17) is 0 Å². The predicted molar refractivity (Wildman–Crippen MR) is 104 cm³/mol. The minimum absolute atomic E-state index is 0.0510. The van der Waals surface area contributed by atoms with E-state index in [0.29, 0.717) is 11.4 Å². The molecule has 0 spiro atoms. The monoisotopic (exact) mass is 354 g/mol. The summed E-state index contributed by atoms with van der Waals surface area (Å²) >= 11 is 1.57. The van der Waals surface area contributed by atoms with Crippen LogP contribution in [0.15, 0.2) is 48.5 Å². The first-order valence-electron chi connectivity index (χ1n) is 8.26. The Morgan fingerprint density at radius 1 is 1.16 bits per heavy atom. The van der Waals surface area contributed by atoms with Crippen molar-refractivity contribution < 1.29 is 9.59 Å². The van der Waals surface area contributed by atoms with Crippen molar-refractivity contribution in [2.24, 2.45) is 0 Å². The topological polar surface area (TPSA) is 49.4 Å². The quantitative estimate of drug-likeness (QED) is 0.903. The average molecular weight is 354 g/mol. The number of hydrogen-bond acceptors (Lipinski definition) is 3. The van der Waals surface area contributed by atoms with Crippen molar-refractivity contribution in [2.45, 2.75) is 32.1 Å². The molecule has 0 fully saturated rings. The molecule has 25 heavy (non-hydrogen) atoms. The van der Waals surface area contributed by atoms with Crippen molar-refractivity contribution in [2.75, 3.05) is 16.0 Å². The van der Waals surface area contributed by atoms with E-state index in [1.807, 2.05) is 30.3 Å². The Morgan fingerprint density at radius 3 is 2.68 bits per heavy atom. The van der Waals surface area contributed by atoms with Crippen molar-refractivity contribution >= 4 is 35.0 Å². The second-order valence-corrected chi connectivity index (χ2v) is 7.73. The number of thioether (sulfide) groups is 1. The van der Waals surface area contributed by atoms with Gasteiger partial charge in [0.25, 0.3) is 0 Å². The third kappa shape index (κ3) is 3.56. The van der Waals surface area contributed by atoms with Gasteiger partial charge in [-0.2, -0.15) is 0 Å². The first-order chi connectivity index (χ1) is 11.9. The van der Waals surface area contributed by atoms with Gasteiger partial charge in [0.2, 0.25) is 11.8 Å². The molecule has 0 aliphatic carbocycles. The van der Waals surface area contributed by atoms with Crippen LogP contribution >= 0.6 is 11.8 Å². The molecule has 2 aromatic rings. The van der Waals surface area contributed by atoms with E-state index in [2.05, 4.69) is 30.4 Å². The summed E-state index contributed by atoms with van der Waals surface area (Å²) in [5.74, 6) is 0.891. The molecule has 2 amide bonds. The van der Waals surface area contributed by atoms with Crippen molar-refractivity contribution in [1.82, 2.24) is 0 Å². The third-order valence-electron chi connectivity index (χ3n) is 4.33. The highest BCUT2D eigenvalue weighted by Crippen LogP contribution is 2.37. The third-order valence-corrected chi connectivity index (χ3v) is 5.32. The van der Waals surface area contributed by atoms with Crippen molar-refractivity contribution in [3.05, 3.63) is 59.7 Å². The van der Waals surface area contributed by atoms with Crippen LogP contribution in [0.2, 0.25) is 0 Å². The number of anilines is 2. The van der Waals surface area contributed by atoms with E-state index in [1.54, 1.807) is 30.5 Å². The largest absolute Gasteiger partial charge is 0.322 e. The van der Waals surface area contributed by atoms with E-state index in [9.17, 15) is 9.59 Å². The summed E-state index contributed by atoms with van der Waals surface area (Å²) in [4.78, 5) is 26.9. The first kappa shape index (κ1) is 17.5. The molecule has 0 radical (unpaired) electrons. The van der Waals surface area contributed by atoms with Crippen LogP contribution in [0.4, 0.5) is 11.4 Å². The Kier molecular flexibility index (Phi) is 4.86. The Labute approximate surface area is 152 Å². The molecular weight excluding hydrogens is 332 g/mol. The summed E-state index contributed by atoms with van der Waals surface area (Å²) in [5.41, 5.74) is 2.95. The van der Waals surface area contributed by atoms with E-state index in [0.717, 1.165) is 11.4 Å². The van der Waals surface area contributed by atoms with Crippen LogP contribution in [-0.4, -0.2) is 23.1 Å². The molecule has 0 saturated carbocycles. The van der Waals surface area contributed by atoms with Gasteiger partial charge in [-0.1, -0.05) is 42.0 Å². The van der Waals surface area contributed by atoms with Gasteiger partial charge in [0.1, 0.15) is 5.54 Å². The summed E-state index contributed by atoms with van der Waals surface area (Å²) in [5, 5.41) is 2.88. The number of amides is 2. The van der Waals surface area contributed by atoms with Gasteiger partial charge >= 0.3 is 0 Å².